The van der Waals surface area contributed by atoms with E-state index in [0.29, 0.717) is 18.4 Å². The summed E-state index contributed by atoms with van der Waals surface area (Å²) in [6, 6.07) is 9.10. The van der Waals surface area contributed by atoms with Gasteiger partial charge < -0.3 is 0 Å². The molecule has 0 aromatic heterocycles. The Labute approximate surface area is 103 Å². The number of hydrogen-bond acceptors (Lipinski definition) is 4. The highest BCUT2D eigenvalue weighted by molar-refractivity contribution is 8.00. The number of carbonyl (C=O) groups excluding carboxylic acids is 2. The largest absolute Gasteiger partial charge is 0.295 e. The van der Waals surface area contributed by atoms with E-state index in [1.54, 1.807) is 12.1 Å². The summed E-state index contributed by atoms with van der Waals surface area (Å²) in [7, 11) is 0. The van der Waals surface area contributed by atoms with Gasteiger partial charge in [0.1, 0.15) is 0 Å². The van der Waals surface area contributed by atoms with Crippen LogP contribution < -0.4 is 5.32 Å². The van der Waals surface area contributed by atoms with Gasteiger partial charge in [0.2, 0.25) is 11.8 Å². The highest BCUT2D eigenvalue weighted by atomic mass is 32.2. The van der Waals surface area contributed by atoms with Crippen molar-refractivity contribution in [2.24, 2.45) is 0 Å². The zero-order valence-corrected chi connectivity index (χ0v) is 9.79. The van der Waals surface area contributed by atoms with Gasteiger partial charge in [0.05, 0.1) is 16.9 Å². The topological polar surface area (TPSA) is 70.0 Å². The first-order valence-corrected chi connectivity index (χ1v) is 6.07. The van der Waals surface area contributed by atoms with E-state index in [0.717, 1.165) is 4.90 Å². The number of imide groups is 1. The van der Waals surface area contributed by atoms with Gasteiger partial charge in [0.25, 0.3) is 0 Å². The first-order chi connectivity index (χ1) is 8.19. The van der Waals surface area contributed by atoms with Gasteiger partial charge in [-0.05, 0) is 30.7 Å². The average molecular weight is 246 g/mol. The van der Waals surface area contributed by atoms with E-state index < -0.39 is 0 Å². The maximum Gasteiger partial charge on any atom is 0.240 e. The molecule has 5 heteroatoms. The molecule has 0 aliphatic carbocycles. The van der Waals surface area contributed by atoms with Gasteiger partial charge in [-0.1, -0.05) is 0 Å². The number of nitrogens with one attached hydrogen (secondary N) is 1. The molecule has 1 saturated heterocycles. The Morgan fingerprint density at radius 1 is 1.29 bits per heavy atom. The molecule has 2 rings (SSSR count). The maximum absolute atomic E-state index is 11.5. The van der Waals surface area contributed by atoms with Crippen LogP contribution in [0.1, 0.15) is 18.4 Å². The van der Waals surface area contributed by atoms with Crippen molar-refractivity contribution in [3.8, 4) is 6.07 Å². The SMILES string of the molecule is N#Cc1ccc(SC2CCC(=O)NC2=O)cc1. The van der Waals surface area contributed by atoms with E-state index in [1.165, 1.54) is 11.8 Å². The molecule has 0 saturated carbocycles. The molecule has 1 aliphatic rings. The Hall–Kier alpha value is -1.80. The smallest absolute Gasteiger partial charge is 0.240 e. The molecule has 1 aromatic rings. The maximum atomic E-state index is 11.5. The van der Waals surface area contributed by atoms with Crippen molar-refractivity contribution in [2.45, 2.75) is 23.0 Å². The van der Waals surface area contributed by atoms with Crippen molar-refractivity contribution in [2.75, 3.05) is 0 Å². The predicted octanol–water partition coefficient (Wildman–Crippen LogP) is 1.46. The summed E-state index contributed by atoms with van der Waals surface area (Å²) in [5, 5.41) is 10.8. The van der Waals surface area contributed by atoms with Gasteiger partial charge in [0.15, 0.2) is 0 Å². The molecule has 0 spiro atoms. The van der Waals surface area contributed by atoms with Crippen LogP contribution in [0.2, 0.25) is 0 Å². The lowest BCUT2D eigenvalue weighted by Crippen LogP contribution is -2.42. The van der Waals surface area contributed by atoms with Crippen molar-refractivity contribution in [3.05, 3.63) is 29.8 Å². The molecule has 1 fully saturated rings. The number of rotatable bonds is 2. The molecule has 0 radical (unpaired) electrons. The minimum Gasteiger partial charge on any atom is -0.295 e. The minimum atomic E-state index is -0.226. The van der Waals surface area contributed by atoms with Crippen LogP contribution in [0, 0.1) is 11.3 Å². The molecule has 1 unspecified atom stereocenters. The van der Waals surface area contributed by atoms with E-state index in [-0.39, 0.29) is 17.1 Å². The first kappa shape index (κ1) is 11.7. The Balaban J connectivity index is 2.03. The number of amides is 2. The van der Waals surface area contributed by atoms with E-state index in [4.69, 9.17) is 5.26 Å². The Bertz CT molecular complexity index is 490. The van der Waals surface area contributed by atoms with E-state index in [1.807, 2.05) is 18.2 Å². The fraction of sp³-hybridized carbons (Fsp3) is 0.250. The number of hydrogen-bond donors (Lipinski definition) is 1. The van der Waals surface area contributed by atoms with Crippen molar-refractivity contribution in [1.82, 2.24) is 5.32 Å². The third-order valence-corrected chi connectivity index (χ3v) is 3.73. The van der Waals surface area contributed by atoms with Gasteiger partial charge >= 0.3 is 0 Å². The molecular weight excluding hydrogens is 236 g/mol. The van der Waals surface area contributed by atoms with E-state index >= 15 is 0 Å². The number of thioether (sulfide) groups is 1. The first-order valence-electron chi connectivity index (χ1n) is 5.19. The summed E-state index contributed by atoms with van der Waals surface area (Å²) in [6.45, 7) is 0. The second-order valence-corrected chi connectivity index (χ2v) is 4.97. The molecule has 4 nitrogen and oxygen atoms in total. The van der Waals surface area contributed by atoms with E-state index in [2.05, 4.69) is 5.32 Å². The van der Waals surface area contributed by atoms with Gasteiger partial charge in [-0.15, -0.1) is 11.8 Å². The van der Waals surface area contributed by atoms with Crippen LogP contribution in [0.15, 0.2) is 29.2 Å². The van der Waals surface area contributed by atoms with Gasteiger partial charge in [-0.25, -0.2) is 0 Å². The number of carbonyl (C=O) groups is 2. The van der Waals surface area contributed by atoms with Crippen LogP contribution in [-0.4, -0.2) is 17.1 Å². The normalized spacial score (nSPS) is 19.6. The molecule has 1 aromatic carbocycles. The number of piperidine rings is 1. The summed E-state index contributed by atoms with van der Waals surface area (Å²) in [5.74, 6) is -0.428. The predicted molar refractivity (Wildman–Crippen MR) is 63.2 cm³/mol. The molecule has 17 heavy (non-hydrogen) atoms. The molecule has 1 heterocycles. The monoisotopic (exact) mass is 246 g/mol. The zero-order chi connectivity index (χ0) is 12.3. The fourth-order valence-electron chi connectivity index (χ4n) is 1.56. The lowest BCUT2D eigenvalue weighted by molar-refractivity contribution is -0.132. The molecule has 0 bridgehead atoms. The standard InChI is InChI=1S/C12H10N2O2S/c13-7-8-1-3-9(4-2-8)17-10-5-6-11(15)14-12(10)16/h1-4,10H,5-6H2,(H,14,15,16). The molecule has 2 amide bonds. The third-order valence-electron chi connectivity index (χ3n) is 2.45. The zero-order valence-electron chi connectivity index (χ0n) is 8.97. The molecule has 1 aliphatic heterocycles. The van der Waals surface area contributed by atoms with Crippen molar-refractivity contribution in [1.29, 1.82) is 5.26 Å². The molecule has 1 atom stereocenters. The van der Waals surface area contributed by atoms with Crippen LogP contribution in [0.25, 0.3) is 0 Å². The molecule has 86 valence electrons. The number of benzene rings is 1. The van der Waals surface area contributed by atoms with Crippen molar-refractivity contribution in [3.63, 3.8) is 0 Å². The quantitative estimate of drug-likeness (QED) is 0.802. The van der Waals surface area contributed by atoms with Crippen LogP contribution >= 0.6 is 11.8 Å². The third kappa shape index (κ3) is 2.86. The summed E-state index contributed by atoms with van der Waals surface area (Å²) in [4.78, 5) is 23.4. The Morgan fingerprint density at radius 2 is 2.00 bits per heavy atom. The fourth-order valence-corrected chi connectivity index (χ4v) is 2.58. The van der Waals surface area contributed by atoms with Crippen molar-refractivity contribution < 1.29 is 9.59 Å². The second-order valence-electron chi connectivity index (χ2n) is 3.69. The van der Waals surface area contributed by atoms with Gasteiger partial charge in [-0.3, -0.25) is 14.9 Å². The van der Waals surface area contributed by atoms with Gasteiger partial charge in [-0.2, -0.15) is 5.26 Å². The second kappa shape index (κ2) is 5.02. The number of nitrogens with zero attached hydrogens (tertiary/aromatic N) is 1. The van der Waals surface area contributed by atoms with Crippen LogP contribution in [0.4, 0.5) is 0 Å². The lowest BCUT2D eigenvalue weighted by atomic mass is 10.1. The van der Waals surface area contributed by atoms with Crippen molar-refractivity contribution >= 4 is 23.6 Å². The Kier molecular flexibility index (Phi) is 3.45. The summed E-state index contributed by atoms with van der Waals surface area (Å²) in [5.41, 5.74) is 0.595. The summed E-state index contributed by atoms with van der Waals surface area (Å²) < 4.78 is 0. The summed E-state index contributed by atoms with van der Waals surface area (Å²) in [6.07, 6.45) is 0.953. The molecule has 1 N–H and O–H groups in total. The van der Waals surface area contributed by atoms with Gasteiger partial charge in [0, 0.05) is 11.3 Å². The Morgan fingerprint density at radius 3 is 2.59 bits per heavy atom. The van der Waals surface area contributed by atoms with Crippen LogP contribution in [-0.2, 0) is 9.59 Å². The van der Waals surface area contributed by atoms with Crippen LogP contribution in [0.3, 0.4) is 0 Å². The molecular formula is C12H10N2O2S. The highest BCUT2D eigenvalue weighted by Gasteiger charge is 2.27. The summed E-state index contributed by atoms with van der Waals surface area (Å²) >= 11 is 1.42. The highest BCUT2D eigenvalue weighted by Crippen LogP contribution is 2.28. The minimum absolute atomic E-state index is 0.202. The van der Waals surface area contributed by atoms with E-state index in [9.17, 15) is 9.59 Å². The van der Waals surface area contributed by atoms with Crippen LogP contribution in [0.5, 0.6) is 0 Å². The lowest BCUT2D eigenvalue weighted by Gasteiger charge is -2.20. The average Bonchev–Trinajstić information content (AvgIpc) is 2.34. The number of nitriles is 1.